The van der Waals surface area contributed by atoms with Crippen LogP contribution in [0.2, 0.25) is 0 Å². The Morgan fingerprint density at radius 3 is 2.86 bits per heavy atom. The molecule has 1 saturated carbocycles. The Labute approximate surface area is 126 Å². The average molecular weight is 285 g/mol. The zero-order valence-electron chi connectivity index (χ0n) is 12.7. The lowest BCUT2D eigenvalue weighted by molar-refractivity contribution is 0.0891. The predicted molar refractivity (Wildman–Crippen MR) is 83.8 cm³/mol. The molecule has 0 saturated heterocycles. The van der Waals surface area contributed by atoms with Crippen molar-refractivity contribution >= 4 is 5.91 Å². The van der Waals surface area contributed by atoms with Gasteiger partial charge in [-0.05, 0) is 30.4 Å². The first kappa shape index (κ1) is 15.6. The highest BCUT2D eigenvalue weighted by atomic mass is 16.2. The second-order valence-electron chi connectivity index (χ2n) is 5.85. The SMILES string of the molecule is CC1CCCC(NC(=O)c2ccccc2C#CCO)C1C. The molecule has 0 spiro atoms. The van der Waals surface area contributed by atoms with Crippen LogP contribution in [-0.4, -0.2) is 23.7 Å². The van der Waals surface area contributed by atoms with E-state index in [1.165, 1.54) is 12.8 Å². The van der Waals surface area contributed by atoms with Crippen LogP contribution in [0.25, 0.3) is 0 Å². The van der Waals surface area contributed by atoms with Crippen LogP contribution in [0.15, 0.2) is 24.3 Å². The number of carbonyl (C=O) groups is 1. The number of hydrogen-bond donors (Lipinski definition) is 2. The monoisotopic (exact) mass is 285 g/mol. The van der Waals surface area contributed by atoms with E-state index in [9.17, 15) is 4.79 Å². The molecule has 112 valence electrons. The summed E-state index contributed by atoms with van der Waals surface area (Å²) in [6, 6.07) is 7.52. The van der Waals surface area contributed by atoms with Gasteiger partial charge in [0.2, 0.25) is 0 Å². The van der Waals surface area contributed by atoms with Crippen LogP contribution in [0, 0.1) is 23.7 Å². The zero-order chi connectivity index (χ0) is 15.2. The van der Waals surface area contributed by atoms with Crippen molar-refractivity contribution < 1.29 is 9.90 Å². The molecule has 0 aromatic heterocycles. The molecule has 21 heavy (non-hydrogen) atoms. The normalized spacial score (nSPS) is 24.8. The Hall–Kier alpha value is -1.79. The first-order valence-corrected chi connectivity index (χ1v) is 7.63. The summed E-state index contributed by atoms with van der Waals surface area (Å²) in [5.41, 5.74) is 1.25. The van der Waals surface area contributed by atoms with Crippen molar-refractivity contribution in [3.8, 4) is 11.8 Å². The summed E-state index contributed by atoms with van der Waals surface area (Å²) in [7, 11) is 0. The summed E-state index contributed by atoms with van der Waals surface area (Å²) >= 11 is 0. The van der Waals surface area contributed by atoms with Gasteiger partial charge >= 0.3 is 0 Å². The molecule has 1 aromatic carbocycles. The van der Waals surface area contributed by atoms with Crippen molar-refractivity contribution in [3.63, 3.8) is 0 Å². The summed E-state index contributed by atoms with van der Waals surface area (Å²) in [5.74, 6) is 6.52. The van der Waals surface area contributed by atoms with Crippen molar-refractivity contribution in [3.05, 3.63) is 35.4 Å². The molecule has 1 aromatic rings. The van der Waals surface area contributed by atoms with Crippen LogP contribution < -0.4 is 5.32 Å². The number of carbonyl (C=O) groups excluding carboxylic acids is 1. The number of amides is 1. The fourth-order valence-electron chi connectivity index (χ4n) is 2.96. The Bertz CT molecular complexity index is 556. The van der Waals surface area contributed by atoms with Crippen molar-refractivity contribution in [1.82, 2.24) is 5.32 Å². The van der Waals surface area contributed by atoms with Crippen LogP contribution >= 0.6 is 0 Å². The molecule has 3 heteroatoms. The number of benzene rings is 1. The molecular formula is C18H23NO2. The number of aliphatic hydroxyl groups excluding tert-OH is 1. The van der Waals surface area contributed by atoms with Crippen LogP contribution in [0.5, 0.6) is 0 Å². The Morgan fingerprint density at radius 1 is 1.33 bits per heavy atom. The minimum absolute atomic E-state index is 0.0659. The lowest BCUT2D eigenvalue weighted by Crippen LogP contribution is -2.43. The number of aliphatic hydroxyl groups is 1. The molecule has 2 N–H and O–H groups in total. The molecule has 0 aliphatic heterocycles. The molecule has 1 aliphatic rings. The predicted octanol–water partition coefficient (Wildman–Crippen LogP) is 2.58. The van der Waals surface area contributed by atoms with Gasteiger partial charge in [0.05, 0.1) is 5.56 Å². The first-order valence-electron chi connectivity index (χ1n) is 7.63. The molecule has 0 heterocycles. The maximum absolute atomic E-state index is 12.5. The van der Waals surface area contributed by atoms with E-state index in [0.717, 1.165) is 6.42 Å². The van der Waals surface area contributed by atoms with Crippen molar-refractivity contribution in [2.24, 2.45) is 11.8 Å². The van der Waals surface area contributed by atoms with Gasteiger partial charge in [-0.3, -0.25) is 4.79 Å². The number of hydrogen-bond acceptors (Lipinski definition) is 2. The van der Waals surface area contributed by atoms with Crippen LogP contribution in [0.3, 0.4) is 0 Å². The van der Waals surface area contributed by atoms with E-state index >= 15 is 0 Å². The molecule has 1 fully saturated rings. The molecule has 3 unspecified atom stereocenters. The maximum Gasteiger partial charge on any atom is 0.252 e. The van der Waals surface area contributed by atoms with E-state index in [1.54, 1.807) is 6.07 Å². The van der Waals surface area contributed by atoms with Gasteiger partial charge in [0.25, 0.3) is 5.91 Å². The highest BCUT2D eigenvalue weighted by Crippen LogP contribution is 2.29. The van der Waals surface area contributed by atoms with E-state index in [4.69, 9.17) is 5.11 Å². The second kappa shape index (κ2) is 7.28. The number of nitrogens with one attached hydrogen (secondary N) is 1. The molecule has 0 bridgehead atoms. The van der Waals surface area contributed by atoms with Gasteiger partial charge in [0.1, 0.15) is 6.61 Å². The number of rotatable bonds is 2. The third kappa shape index (κ3) is 3.86. The first-order chi connectivity index (χ1) is 10.1. The average Bonchev–Trinajstić information content (AvgIpc) is 2.50. The summed E-state index contributed by atoms with van der Waals surface area (Å²) in [4.78, 5) is 12.5. The summed E-state index contributed by atoms with van der Waals surface area (Å²) in [6.45, 7) is 4.27. The molecule has 1 aliphatic carbocycles. The topological polar surface area (TPSA) is 49.3 Å². The summed E-state index contributed by atoms with van der Waals surface area (Å²) in [5, 5.41) is 12.0. The second-order valence-corrected chi connectivity index (χ2v) is 5.85. The lowest BCUT2D eigenvalue weighted by Gasteiger charge is -2.34. The van der Waals surface area contributed by atoms with Gasteiger partial charge in [-0.15, -0.1) is 0 Å². The fraction of sp³-hybridized carbons (Fsp3) is 0.500. The van der Waals surface area contributed by atoms with E-state index < -0.39 is 0 Å². The van der Waals surface area contributed by atoms with Crippen molar-refractivity contribution in [1.29, 1.82) is 0 Å². The van der Waals surface area contributed by atoms with E-state index in [1.807, 2.05) is 18.2 Å². The molecular weight excluding hydrogens is 262 g/mol. The van der Waals surface area contributed by atoms with Gasteiger partial charge in [-0.25, -0.2) is 0 Å². The molecule has 2 rings (SSSR count). The van der Waals surface area contributed by atoms with Gasteiger partial charge in [-0.2, -0.15) is 0 Å². The minimum Gasteiger partial charge on any atom is -0.384 e. The lowest BCUT2D eigenvalue weighted by atomic mass is 9.78. The molecule has 3 atom stereocenters. The molecule has 0 radical (unpaired) electrons. The standard InChI is InChI=1S/C18H23NO2/c1-13-7-5-11-17(14(13)2)19-18(21)16-10-4-3-8-15(16)9-6-12-20/h3-4,8,10,13-14,17,20H,5,7,11-12H2,1-2H3,(H,19,21). The highest BCUT2D eigenvalue weighted by molar-refractivity contribution is 5.96. The third-order valence-electron chi connectivity index (χ3n) is 4.50. The largest absolute Gasteiger partial charge is 0.384 e. The smallest absolute Gasteiger partial charge is 0.252 e. The molecule has 1 amide bonds. The minimum atomic E-state index is -0.201. The fourth-order valence-corrected chi connectivity index (χ4v) is 2.96. The van der Waals surface area contributed by atoms with Crippen LogP contribution in [-0.2, 0) is 0 Å². The van der Waals surface area contributed by atoms with Gasteiger partial charge in [0, 0.05) is 11.6 Å². The highest BCUT2D eigenvalue weighted by Gasteiger charge is 2.28. The third-order valence-corrected chi connectivity index (χ3v) is 4.50. The maximum atomic E-state index is 12.5. The zero-order valence-corrected chi connectivity index (χ0v) is 12.7. The summed E-state index contributed by atoms with van der Waals surface area (Å²) < 4.78 is 0. The quantitative estimate of drug-likeness (QED) is 0.821. The Kier molecular flexibility index (Phi) is 5.41. The van der Waals surface area contributed by atoms with Gasteiger partial charge in [0.15, 0.2) is 0 Å². The van der Waals surface area contributed by atoms with E-state index in [0.29, 0.717) is 23.0 Å². The Balaban J connectivity index is 2.13. The Morgan fingerprint density at radius 2 is 2.10 bits per heavy atom. The van der Waals surface area contributed by atoms with Gasteiger partial charge in [-0.1, -0.05) is 50.7 Å². The van der Waals surface area contributed by atoms with E-state index in [-0.39, 0.29) is 18.6 Å². The van der Waals surface area contributed by atoms with Gasteiger partial charge < -0.3 is 10.4 Å². The van der Waals surface area contributed by atoms with Crippen molar-refractivity contribution in [2.45, 2.75) is 39.2 Å². The van der Waals surface area contributed by atoms with Crippen LogP contribution in [0.1, 0.15) is 49.0 Å². The van der Waals surface area contributed by atoms with E-state index in [2.05, 4.69) is 31.0 Å². The van der Waals surface area contributed by atoms with Crippen LogP contribution in [0.4, 0.5) is 0 Å². The molecule has 3 nitrogen and oxygen atoms in total. The summed E-state index contributed by atoms with van der Waals surface area (Å²) in [6.07, 6.45) is 3.45. The van der Waals surface area contributed by atoms with Crippen molar-refractivity contribution in [2.75, 3.05) is 6.61 Å².